The molecule has 0 fully saturated rings. The lowest BCUT2D eigenvalue weighted by atomic mass is 9.98. The predicted molar refractivity (Wildman–Crippen MR) is 318 cm³/mol. The van der Waals surface area contributed by atoms with Gasteiger partial charge in [-0.05, 0) is 102 Å². The minimum absolute atomic E-state index is 0.506. The molecule has 0 radical (unpaired) electrons. The second-order valence-electron chi connectivity index (χ2n) is 19.8. The van der Waals surface area contributed by atoms with Crippen LogP contribution in [0, 0.1) is 0 Å². The molecular formula is C69H39N5O2S. The maximum absolute atomic E-state index is 6.78. The fourth-order valence-corrected chi connectivity index (χ4v) is 13.3. The van der Waals surface area contributed by atoms with Crippen LogP contribution in [0.3, 0.4) is 0 Å². The van der Waals surface area contributed by atoms with E-state index in [1.54, 1.807) is 0 Å². The standard InChI is InChI=1S/C69H39N5O2S/c1-3-15-40(16-4-1)41-30-33-55-52(37-41)46-19-7-10-25-54(46)74(55)69-71-67(43-29-32-48-47-20-8-11-26-57(47)76-60(48)39-43)70-68(72-69)51-24-14-27-59-63(51)53-38-42(31-35-58(53)75-59)45-22-13-23-50-64-56(73(66(45)50)44-17-5-2-6-18-44)34-36-62-65(64)49-21-9-12-28-61(49)77-62/h1-39H. The van der Waals surface area contributed by atoms with Gasteiger partial charge >= 0.3 is 0 Å². The summed E-state index contributed by atoms with van der Waals surface area (Å²) in [6, 6.07) is 83.7. The van der Waals surface area contributed by atoms with E-state index in [4.69, 9.17) is 23.8 Å². The van der Waals surface area contributed by atoms with E-state index in [9.17, 15) is 0 Å². The van der Waals surface area contributed by atoms with Crippen molar-refractivity contribution in [3.63, 3.8) is 0 Å². The van der Waals surface area contributed by atoms with E-state index < -0.39 is 0 Å². The highest BCUT2D eigenvalue weighted by Gasteiger charge is 2.24. The lowest BCUT2D eigenvalue weighted by molar-refractivity contribution is 0.668. The van der Waals surface area contributed by atoms with Gasteiger partial charge in [0.05, 0.1) is 22.1 Å². The molecule has 17 rings (SSSR count). The molecule has 7 nitrogen and oxygen atoms in total. The van der Waals surface area contributed by atoms with Crippen molar-refractivity contribution in [2.24, 2.45) is 0 Å². The fraction of sp³-hybridized carbons (Fsp3) is 0. The number of thiophene rings is 1. The second kappa shape index (κ2) is 16.2. The molecule has 6 heterocycles. The van der Waals surface area contributed by atoms with Crippen molar-refractivity contribution >= 4 is 119 Å². The van der Waals surface area contributed by atoms with Crippen molar-refractivity contribution in [3.05, 3.63) is 237 Å². The Morgan fingerprint density at radius 2 is 0.961 bits per heavy atom. The van der Waals surface area contributed by atoms with E-state index in [-0.39, 0.29) is 0 Å². The van der Waals surface area contributed by atoms with Crippen LogP contribution in [0.5, 0.6) is 0 Å². The number of hydrogen-bond acceptors (Lipinski definition) is 6. The average Bonchev–Trinajstić information content (AvgIpc) is 4.38. The van der Waals surface area contributed by atoms with Crippen LogP contribution in [0.4, 0.5) is 0 Å². The van der Waals surface area contributed by atoms with E-state index >= 15 is 0 Å². The highest BCUT2D eigenvalue weighted by molar-refractivity contribution is 7.26. The molecule has 0 aliphatic heterocycles. The number of rotatable bonds is 6. The van der Waals surface area contributed by atoms with Gasteiger partial charge in [-0.2, -0.15) is 9.97 Å². The van der Waals surface area contributed by atoms with Crippen LogP contribution in [0.25, 0.3) is 164 Å². The summed E-state index contributed by atoms with van der Waals surface area (Å²) in [5.41, 5.74) is 14.7. The van der Waals surface area contributed by atoms with Gasteiger partial charge in [0, 0.05) is 85.6 Å². The van der Waals surface area contributed by atoms with Crippen molar-refractivity contribution in [2.45, 2.75) is 0 Å². The lowest BCUT2D eigenvalue weighted by Gasteiger charge is -2.12. The normalized spacial score (nSPS) is 12.2. The maximum atomic E-state index is 6.78. The minimum atomic E-state index is 0.506. The Kier molecular flexibility index (Phi) is 8.87. The minimum Gasteiger partial charge on any atom is -0.456 e. The van der Waals surface area contributed by atoms with E-state index in [0.717, 1.165) is 110 Å². The SMILES string of the molecule is c1ccc(-c2ccc3c(c2)c2ccccc2n3-c2nc(-c3ccc4c(c3)oc3ccccc34)nc(-c3cccc4oc5ccc(-c6cccc7c8c9c(ccc8n(-c8ccccc8)c67)sc6ccccc69)cc5c34)n2)cc1. The summed E-state index contributed by atoms with van der Waals surface area (Å²) in [5.74, 6) is 1.56. The third-order valence-corrected chi connectivity index (χ3v) is 16.7. The number of fused-ring (bicyclic) bond motifs is 16. The van der Waals surface area contributed by atoms with Crippen LogP contribution in [0.2, 0.25) is 0 Å². The lowest BCUT2D eigenvalue weighted by Crippen LogP contribution is -2.06. The summed E-state index contributed by atoms with van der Waals surface area (Å²) in [7, 11) is 0. The van der Waals surface area contributed by atoms with E-state index in [0.29, 0.717) is 17.6 Å². The average molecular weight is 1000 g/mol. The molecule has 0 aliphatic carbocycles. The Labute approximate surface area is 442 Å². The first-order chi connectivity index (χ1) is 38.2. The molecule has 0 bridgehead atoms. The largest absolute Gasteiger partial charge is 0.456 e. The Morgan fingerprint density at radius 3 is 1.87 bits per heavy atom. The molecule has 0 unspecified atom stereocenters. The van der Waals surface area contributed by atoms with Crippen molar-refractivity contribution in [1.82, 2.24) is 24.1 Å². The number of benzene rings is 11. The molecule has 77 heavy (non-hydrogen) atoms. The molecule has 11 aromatic carbocycles. The Balaban J connectivity index is 0.908. The first-order valence-electron chi connectivity index (χ1n) is 25.8. The summed E-state index contributed by atoms with van der Waals surface area (Å²) in [4.78, 5) is 16.3. The molecule has 6 aromatic heterocycles. The van der Waals surface area contributed by atoms with Gasteiger partial charge < -0.3 is 13.4 Å². The molecular weight excluding hydrogens is 963 g/mol. The summed E-state index contributed by atoms with van der Waals surface area (Å²) >= 11 is 1.86. The van der Waals surface area contributed by atoms with Gasteiger partial charge in [-0.3, -0.25) is 4.57 Å². The first-order valence-corrected chi connectivity index (χ1v) is 26.6. The quantitative estimate of drug-likeness (QED) is 0.166. The van der Waals surface area contributed by atoms with E-state index in [1.165, 1.54) is 36.5 Å². The topological polar surface area (TPSA) is 74.8 Å². The summed E-state index contributed by atoms with van der Waals surface area (Å²) in [5, 5.41) is 11.3. The third kappa shape index (κ3) is 6.27. The van der Waals surface area contributed by atoms with Gasteiger partial charge in [-0.25, -0.2) is 4.98 Å². The number of nitrogens with zero attached hydrogens (tertiary/aromatic N) is 5. The van der Waals surface area contributed by atoms with Gasteiger partial charge in [0.15, 0.2) is 11.6 Å². The van der Waals surface area contributed by atoms with Crippen LogP contribution in [0.15, 0.2) is 245 Å². The van der Waals surface area contributed by atoms with Crippen LogP contribution in [-0.4, -0.2) is 24.1 Å². The zero-order valence-corrected chi connectivity index (χ0v) is 41.8. The van der Waals surface area contributed by atoms with Gasteiger partial charge in [0.25, 0.3) is 0 Å². The highest BCUT2D eigenvalue weighted by Crippen LogP contribution is 2.47. The molecule has 17 aromatic rings. The molecule has 8 heteroatoms. The number of para-hydroxylation sites is 4. The smallest absolute Gasteiger partial charge is 0.238 e. The van der Waals surface area contributed by atoms with Gasteiger partial charge in [-0.1, -0.05) is 152 Å². The van der Waals surface area contributed by atoms with Gasteiger partial charge in [0.1, 0.15) is 22.3 Å². The zero-order chi connectivity index (χ0) is 50.3. The first kappa shape index (κ1) is 42.2. The Morgan fingerprint density at radius 1 is 0.312 bits per heavy atom. The molecule has 358 valence electrons. The summed E-state index contributed by atoms with van der Waals surface area (Å²) < 4.78 is 20.4. The molecule has 0 N–H and O–H groups in total. The Hall–Kier alpha value is -10.2. The van der Waals surface area contributed by atoms with Crippen molar-refractivity contribution in [1.29, 1.82) is 0 Å². The van der Waals surface area contributed by atoms with Crippen molar-refractivity contribution < 1.29 is 8.83 Å². The number of aromatic nitrogens is 5. The van der Waals surface area contributed by atoms with Crippen molar-refractivity contribution in [2.75, 3.05) is 0 Å². The van der Waals surface area contributed by atoms with Crippen LogP contribution in [-0.2, 0) is 0 Å². The number of hydrogen-bond donors (Lipinski definition) is 0. The molecule has 0 spiro atoms. The zero-order valence-electron chi connectivity index (χ0n) is 41.0. The number of furan rings is 2. The molecule has 0 aliphatic rings. The third-order valence-electron chi connectivity index (χ3n) is 15.6. The highest BCUT2D eigenvalue weighted by atomic mass is 32.1. The molecule has 0 atom stereocenters. The van der Waals surface area contributed by atoms with E-state index in [2.05, 4.69) is 215 Å². The van der Waals surface area contributed by atoms with Crippen LogP contribution >= 0.6 is 11.3 Å². The Bertz CT molecular complexity index is 5290. The molecule has 0 amide bonds. The van der Waals surface area contributed by atoms with Crippen LogP contribution < -0.4 is 0 Å². The van der Waals surface area contributed by atoms with E-state index in [1.807, 2.05) is 41.7 Å². The second-order valence-corrected chi connectivity index (χ2v) is 20.9. The fourth-order valence-electron chi connectivity index (χ4n) is 12.2. The van der Waals surface area contributed by atoms with Crippen molar-refractivity contribution in [3.8, 4) is 56.7 Å². The maximum Gasteiger partial charge on any atom is 0.238 e. The molecule has 0 saturated carbocycles. The predicted octanol–water partition coefficient (Wildman–Crippen LogP) is 18.9. The van der Waals surface area contributed by atoms with Gasteiger partial charge in [-0.15, -0.1) is 11.3 Å². The molecule has 0 saturated heterocycles. The summed E-state index contributed by atoms with van der Waals surface area (Å²) in [6.07, 6.45) is 0. The summed E-state index contributed by atoms with van der Waals surface area (Å²) in [6.45, 7) is 0. The van der Waals surface area contributed by atoms with Crippen LogP contribution in [0.1, 0.15) is 0 Å². The van der Waals surface area contributed by atoms with Gasteiger partial charge in [0.2, 0.25) is 5.95 Å². The monoisotopic (exact) mass is 1000 g/mol.